The normalized spacial score (nSPS) is 12.5. The van der Waals surface area contributed by atoms with Gasteiger partial charge in [-0.3, -0.25) is 9.48 Å². The Morgan fingerprint density at radius 1 is 1.35 bits per heavy atom. The van der Waals surface area contributed by atoms with Crippen LogP contribution in [0.5, 0.6) is 0 Å². The molecule has 0 fully saturated rings. The molecule has 0 aromatic carbocycles. The fourth-order valence-corrected chi connectivity index (χ4v) is 2.69. The van der Waals surface area contributed by atoms with Crippen LogP contribution >= 0.6 is 0 Å². The van der Waals surface area contributed by atoms with E-state index in [2.05, 4.69) is 20.1 Å². The number of likely N-dealkylation sites (N-methyl/N-ethyl adjacent to an activating group) is 1. The number of aromatic nitrogens is 5. The Labute approximate surface area is 134 Å². The van der Waals surface area contributed by atoms with E-state index in [1.54, 1.807) is 15.8 Å². The standard InChI is InChI=1S/C16H20N6O/c1-4-21(5-2)16(23)11(3)22-9-12(8-20-22)14-13-6-7-17-15(13)19-10-18-14/h6-11H,4-5H2,1-3H3,(H,17,18,19). The molecular weight excluding hydrogens is 292 g/mol. The third-order valence-electron chi connectivity index (χ3n) is 4.06. The van der Waals surface area contributed by atoms with E-state index >= 15 is 0 Å². The third kappa shape index (κ3) is 2.69. The van der Waals surface area contributed by atoms with Crippen molar-refractivity contribution >= 4 is 16.9 Å². The van der Waals surface area contributed by atoms with Gasteiger partial charge in [0.1, 0.15) is 18.0 Å². The summed E-state index contributed by atoms with van der Waals surface area (Å²) in [6.07, 6.45) is 6.96. The minimum Gasteiger partial charge on any atom is -0.346 e. The summed E-state index contributed by atoms with van der Waals surface area (Å²) >= 11 is 0. The highest BCUT2D eigenvalue weighted by molar-refractivity contribution is 5.90. The molecule has 0 aliphatic carbocycles. The Morgan fingerprint density at radius 3 is 2.87 bits per heavy atom. The quantitative estimate of drug-likeness (QED) is 0.783. The molecule has 0 aliphatic heterocycles. The number of aromatic amines is 1. The lowest BCUT2D eigenvalue weighted by Crippen LogP contribution is -2.36. The number of nitrogens with zero attached hydrogens (tertiary/aromatic N) is 5. The Kier molecular flexibility index (Phi) is 4.10. The topological polar surface area (TPSA) is 79.7 Å². The van der Waals surface area contributed by atoms with Gasteiger partial charge < -0.3 is 9.88 Å². The van der Waals surface area contributed by atoms with Gasteiger partial charge in [-0.1, -0.05) is 0 Å². The number of carbonyl (C=O) groups excluding carboxylic acids is 1. The van der Waals surface area contributed by atoms with Gasteiger partial charge in [0.2, 0.25) is 5.91 Å². The zero-order chi connectivity index (χ0) is 16.4. The second-order valence-electron chi connectivity index (χ2n) is 5.36. The van der Waals surface area contributed by atoms with Gasteiger partial charge in [0, 0.05) is 36.4 Å². The molecule has 3 heterocycles. The largest absolute Gasteiger partial charge is 0.346 e. The van der Waals surface area contributed by atoms with Crippen LogP contribution in [0.3, 0.4) is 0 Å². The summed E-state index contributed by atoms with van der Waals surface area (Å²) in [7, 11) is 0. The van der Waals surface area contributed by atoms with Gasteiger partial charge in [-0.2, -0.15) is 5.10 Å². The van der Waals surface area contributed by atoms with Gasteiger partial charge in [0.05, 0.1) is 11.9 Å². The minimum atomic E-state index is -0.341. The van der Waals surface area contributed by atoms with E-state index in [4.69, 9.17) is 0 Å². The summed E-state index contributed by atoms with van der Waals surface area (Å²) in [5, 5.41) is 5.29. The number of rotatable bonds is 5. The molecule has 0 bridgehead atoms. The van der Waals surface area contributed by atoms with E-state index in [1.165, 1.54) is 6.33 Å². The molecule has 0 radical (unpaired) electrons. The molecule has 3 aromatic rings. The van der Waals surface area contributed by atoms with Crippen molar-refractivity contribution in [2.24, 2.45) is 0 Å². The molecule has 23 heavy (non-hydrogen) atoms. The lowest BCUT2D eigenvalue weighted by atomic mass is 10.2. The van der Waals surface area contributed by atoms with Crippen LogP contribution in [0.4, 0.5) is 0 Å². The van der Waals surface area contributed by atoms with Crippen molar-refractivity contribution in [3.8, 4) is 11.3 Å². The Bertz CT molecular complexity index is 817. The van der Waals surface area contributed by atoms with Crippen LogP contribution < -0.4 is 0 Å². The van der Waals surface area contributed by atoms with E-state index in [0.29, 0.717) is 13.1 Å². The van der Waals surface area contributed by atoms with Crippen LogP contribution in [-0.2, 0) is 4.79 Å². The van der Waals surface area contributed by atoms with Gasteiger partial charge in [-0.15, -0.1) is 0 Å². The monoisotopic (exact) mass is 312 g/mol. The summed E-state index contributed by atoms with van der Waals surface area (Å²) in [5.41, 5.74) is 2.47. The first kappa shape index (κ1) is 15.2. The number of carbonyl (C=O) groups is 1. The Balaban J connectivity index is 1.91. The molecule has 120 valence electrons. The molecule has 0 saturated heterocycles. The molecule has 1 atom stereocenters. The number of fused-ring (bicyclic) bond motifs is 1. The zero-order valence-electron chi connectivity index (χ0n) is 13.5. The van der Waals surface area contributed by atoms with Gasteiger partial charge in [0.25, 0.3) is 0 Å². The van der Waals surface area contributed by atoms with Crippen LogP contribution in [-0.4, -0.2) is 48.6 Å². The first-order valence-corrected chi connectivity index (χ1v) is 7.77. The number of H-pyrrole nitrogens is 1. The van der Waals surface area contributed by atoms with E-state index in [0.717, 1.165) is 22.3 Å². The number of hydrogen-bond acceptors (Lipinski definition) is 4. The lowest BCUT2D eigenvalue weighted by Gasteiger charge is -2.22. The molecule has 1 unspecified atom stereocenters. The fraction of sp³-hybridized carbons (Fsp3) is 0.375. The smallest absolute Gasteiger partial charge is 0.247 e. The molecule has 0 saturated carbocycles. The molecule has 0 aliphatic rings. The molecule has 1 N–H and O–H groups in total. The summed E-state index contributed by atoms with van der Waals surface area (Å²) in [6.45, 7) is 7.22. The maximum absolute atomic E-state index is 12.5. The summed E-state index contributed by atoms with van der Waals surface area (Å²) < 4.78 is 1.69. The zero-order valence-corrected chi connectivity index (χ0v) is 13.5. The highest BCUT2D eigenvalue weighted by Gasteiger charge is 2.21. The van der Waals surface area contributed by atoms with Crippen LogP contribution in [0.1, 0.15) is 26.8 Å². The molecular formula is C16H20N6O. The van der Waals surface area contributed by atoms with Crippen LogP contribution in [0.2, 0.25) is 0 Å². The maximum atomic E-state index is 12.5. The van der Waals surface area contributed by atoms with Gasteiger partial charge in [0.15, 0.2) is 0 Å². The van der Waals surface area contributed by atoms with E-state index in [-0.39, 0.29) is 11.9 Å². The third-order valence-corrected chi connectivity index (χ3v) is 4.06. The van der Waals surface area contributed by atoms with Crippen molar-refractivity contribution in [3.63, 3.8) is 0 Å². The summed E-state index contributed by atoms with van der Waals surface area (Å²) in [6, 6.07) is 1.60. The Hall–Kier alpha value is -2.70. The average Bonchev–Trinajstić information content (AvgIpc) is 3.24. The van der Waals surface area contributed by atoms with Crippen molar-refractivity contribution in [1.82, 2.24) is 29.6 Å². The summed E-state index contributed by atoms with van der Waals surface area (Å²) in [4.78, 5) is 25.9. The van der Waals surface area contributed by atoms with Crippen molar-refractivity contribution < 1.29 is 4.79 Å². The van der Waals surface area contributed by atoms with Gasteiger partial charge in [-0.25, -0.2) is 9.97 Å². The average molecular weight is 312 g/mol. The van der Waals surface area contributed by atoms with E-state index in [1.807, 2.05) is 39.2 Å². The molecule has 3 rings (SSSR count). The minimum absolute atomic E-state index is 0.0686. The predicted molar refractivity (Wildman–Crippen MR) is 87.7 cm³/mol. The molecule has 0 spiro atoms. The predicted octanol–water partition coefficient (Wildman–Crippen LogP) is 2.25. The van der Waals surface area contributed by atoms with Crippen LogP contribution in [0, 0.1) is 0 Å². The first-order chi connectivity index (χ1) is 11.2. The molecule has 3 aromatic heterocycles. The van der Waals surface area contributed by atoms with Gasteiger partial charge >= 0.3 is 0 Å². The molecule has 7 nitrogen and oxygen atoms in total. The summed E-state index contributed by atoms with van der Waals surface area (Å²) in [5.74, 6) is 0.0686. The first-order valence-electron chi connectivity index (χ1n) is 7.77. The number of amides is 1. The second kappa shape index (κ2) is 6.20. The fourth-order valence-electron chi connectivity index (χ4n) is 2.69. The highest BCUT2D eigenvalue weighted by Crippen LogP contribution is 2.25. The van der Waals surface area contributed by atoms with Crippen LogP contribution in [0.15, 0.2) is 31.0 Å². The Morgan fingerprint density at radius 2 is 2.13 bits per heavy atom. The maximum Gasteiger partial charge on any atom is 0.247 e. The second-order valence-corrected chi connectivity index (χ2v) is 5.36. The van der Waals surface area contributed by atoms with Gasteiger partial charge in [-0.05, 0) is 26.8 Å². The lowest BCUT2D eigenvalue weighted by molar-refractivity contribution is -0.134. The van der Waals surface area contributed by atoms with E-state index in [9.17, 15) is 4.79 Å². The molecule has 7 heteroatoms. The SMILES string of the molecule is CCN(CC)C(=O)C(C)n1cc(-c2ncnc3[nH]ccc23)cn1. The number of nitrogens with one attached hydrogen (secondary N) is 1. The molecule has 1 amide bonds. The van der Waals surface area contributed by atoms with Crippen LogP contribution in [0.25, 0.3) is 22.3 Å². The van der Waals surface area contributed by atoms with Crippen molar-refractivity contribution in [2.75, 3.05) is 13.1 Å². The highest BCUT2D eigenvalue weighted by atomic mass is 16.2. The number of hydrogen-bond donors (Lipinski definition) is 1. The van der Waals surface area contributed by atoms with E-state index < -0.39 is 0 Å². The van der Waals surface area contributed by atoms with Crippen molar-refractivity contribution in [1.29, 1.82) is 0 Å². The van der Waals surface area contributed by atoms with Crippen molar-refractivity contribution in [3.05, 3.63) is 31.0 Å². The van der Waals surface area contributed by atoms with Crippen molar-refractivity contribution in [2.45, 2.75) is 26.8 Å².